The van der Waals surface area contributed by atoms with Gasteiger partial charge in [-0.2, -0.15) is 0 Å². The van der Waals surface area contributed by atoms with Crippen molar-refractivity contribution in [1.82, 2.24) is 20.1 Å². The molecule has 5 nitrogen and oxygen atoms in total. The fraction of sp³-hybridized carbons (Fsp3) is 0.818. The zero-order valence-corrected chi connectivity index (χ0v) is 10.4. The predicted octanol–water partition coefficient (Wildman–Crippen LogP) is 0.855. The summed E-state index contributed by atoms with van der Waals surface area (Å²) >= 11 is 0. The minimum Gasteiger partial charge on any atom is -0.383 e. The molecule has 0 aliphatic carbocycles. The molecular weight excluding hydrogens is 204 g/mol. The van der Waals surface area contributed by atoms with E-state index in [0.29, 0.717) is 6.04 Å². The third-order valence-corrected chi connectivity index (χ3v) is 2.68. The van der Waals surface area contributed by atoms with Gasteiger partial charge in [0, 0.05) is 32.7 Å². The van der Waals surface area contributed by atoms with Crippen molar-refractivity contribution in [3.63, 3.8) is 0 Å². The van der Waals surface area contributed by atoms with Crippen LogP contribution in [0.3, 0.4) is 0 Å². The maximum atomic E-state index is 5.13. The van der Waals surface area contributed by atoms with E-state index < -0.39 is 0 Å². The lowest BCUT2D eigenvalue weighted by Gasteiger charge is -2.15. The van der Waals surface area contributed by atoms with Gasteiger partial charge in [-0.15, -0.1) is 10.2 Å². The van der Waals surface area contributed by atoms with Gasteiger partial charge in [-0.05, 0) is 13.3 Å². The highest BCUT2D eigenvalue weighted by molar-refractivity contribution is 4.86. The molecule has 0 aromatic carbocycles. The average molecular weight is 226 g/mol. The van der Waals surface area contributed by atoms with Crippen LogP contribution in [0.4, 0.5) is 0 Å². The van der Waals surface area contributed by atoms with Crippen molar-refractivity contribution < 1.29 is 4.74 Å². The summed E-state index contributed by atoms with van der Waals surface area (Å²) in [6, 6.07) is 0.433. The first-order chi connectivity index (χ1) is 7.81. The second kappa shape index (κ2) is 7.35. The Morgan fingerprint density at radius 1 is 1.50 bits per heavy atom. The first-order valence-corrected chi connectivity index (χ1v) is 5.90. The summed E-state index contributed by atoms with van der Waals surface area (Å²) in [5.74, 6) is 1.04. The van der Waals surface area contributed by atoms with Crippen molar-refractivity contribution in [1.29, 1.82) is 0 Å². The van der Waals surface area contributed by atoms with Crippen LogP contribution in [0, 0.1) is 0 Å². The topological polar surface area (TPSA) is 52.0 Å². The van der Waals surface area contributed by atoms with Crippen molar-refractivity contribution in [3.05, 3.63) is 12.2 Å². The highest BCUT2D eigenvalue weighted by atomic mass is 16.5. The minimum atomic E-state index is 0.433. The molecule has 0 bridgehead atoms. The molecule has 0 spiro atoms. The smallest absolute Gasteiger partial charge is 0.134 e. The van der Waals surface area contributed by atoms with Crippen LogP contribution in [0.5, 0.6) is 0 Å². The van der Waals surface area contributed by atoms with E-state index in [4.69, 9.17) is 4.74 Å². The van der Waals surface area contributed by atoms with Gasteiger partial charge in [0.25, 0.3) is 0 Å². The fourth-order valence-electron chi connectivity index (χ4n) is 1.65. The number of methoxy groups -OCH3 is 1. The van der Waals surface area contributed by atoms with Crippen LogP contribution in [-0.2, 0) is 17.7 Å². The van der Waals surface area contributed by atoms with Crippen LogP contribution in [0.1, 0.15) is 26.1 Å². The molecule has 1 N–H and O–H groups in total. The molecule has 0 aliphatic heterocycles. The van der Waals surface area contributed by atoms with E-state index in [2.05, 4.69) is 33.9 Å². The molecule has 0 amide bonds. The minimum absolute atomic E-state index is 0.433. The first kappa shape index (κ1) is 13.1. The molecule has 1 aromatic rings. The van der Waals surface area contributed by atoms with E-state index in [1.165, 1.54) is 0 Å². The van der Waals surface area contributed by atoms with E-state index in [0.717, 1.165) is 38.4 Å². The quantitative estimate of drug-likeness (QED) is 0.714. The Kier molecular flexibility index (Phi) is 6.03. The number of hydrogen-bond acceptors (Lipinski definition) is 4. The van der Waals surface area contributed by atoms with E-state index in [9.17, 15) is 0 Å². The molecule has 1 atom stereocenters. The number of ether oxygens (including phenoxy) is 1. The molecule has 16 heavy (non-hydrogen) atoms. The molecule has 0 radical (unpaired) electrons. The van der Waals surface area contributed by atoms with E-state index in [1.54, 1.807) is 13.4 Å². The Morgan fingerprint density at radius 3 is 2.94 bits per heavy atom. The summed E-state index contributed by atoms with van der Waals surface area (Å²) in [6.45, 7) is 6.86. The van der Waals surface area contributed by atoms with Gasteiger partial charge in [-0.25, -0.2) is 0 Å². The third-order valence-electron chi connectivity index (χ3n) is 2.68. The van der Waals surface area contributed by atoms with E-state index in [-0.39, 0.29) is 0 Å². The zero-order valence-electron chi connectivity index (χ0n) is 10.4. The van der Waals surface area contributed by atoms with Gasteiger partial charge < -0.3 is 14.6 Å². The van der Waals surface area contributed by atoms with Gasteiger partial charge in [0.15, 0.2) is 0 Å². The standard InChI is InChI=1S/C11H22N4O/c1-4-10(8-16-3)12-7-6-11-14-13-9-15(11)5-2/h9-10,12H,4-8H2,1-3H3. The number of nitrogens with one attached hydrogen (secondary N) is 1. The summed E-state index contributed by atoms with van der Waals surface area (Å²) in [6.07, 6.45) is 3.77. The Morgan fingerprint density at radius 2 is 2.31 bits per heavy atom. The molecule has 0 aliphatic rings. The Bertz CT molecular complexity index is 287. The maximum absolute atomic E-state index is 5.13. The number of nitrogens with zero attached hydrogens (tertiary/aromatic N) is 3. The van der Waals surface area contributed by atoms with Gasteiger partial charge >= 0.3 is 0 Å². The van der Waals surface area contributed by atoms with E-state index >= 15 is 0 Å². The number of aromatic nitrogens is 3. The van der Waals surface area contributed by atoms with Crippen LogP contribution in [-0.4, -0.2) is 41.1 Å². The summed E-state index contributed by atoms with van der Waals surface area (Å²) in [5.41, 5.74) is 0. The Hall–Kier alpha value is -0.940. The summed E-state index contributed by atoms with van der Waals surface area (Å²) < 4.78 is 7.20. The normalized spacial score (nSPS) is 12.9. The van der Waals surface area contributed by atoms with Crippen LogP contribution >= 0.6 is 0 Å². The van der Waals surface area contributed by atoms with Gasteiger partial charge in [0.05, 0.1) is 6.61 Å². The van der Waals surface area contributed by atoms with Crippen LogP contribution < -0.4 is 5.32 Å². The second-order valence-electron chi connectivity index (χ2n) is 3.80. The maximum Gasteiger partial charge on any atom is 0.134 e. The Labute approximate surface area is 97.2 Å². The summed E-state index contributed by atoms with van der Waals surface area (Å²) in [5, 5.41) is 11.5. The fourth-order valence-corrected chi connectivity index (χ4v) is 1.65. The number of hydrogen-bond donors (Lipinski definition) is 1. The van der Waals surface area contributed by atoms with Gasteiger partial charge in [0.2, 0.25) is 0 Å². The van der Waals surface area contributed by atoms with Crippen LogP contribution in [0.2, 0.25) is 0 Å². The number of aryl methyl sites for hydroxylation is 1. The van der Waals surface area contributed by atoms with Crippen LogP contribution in [0.25, 0.3) is 0 Å². The molecule has 0 fully saturated rings. The van der Waals surface area contributed by atoms with Gasteiger partial charge in [-0.3, -0.25) is 0 Å². The second-order valence-corrected chi connectivity index (χ2v) is 3.80. The Balaban J connectivity index is 2.29. The summed E-state index contributed by atoms with van der Waals surface area (Å²) in [7, 11) is 1.73. The monoisotopic (exact) mass is 226 g/mol. The third kappa shape index (κ3) is 3.90. The van der Waals surface area contributed by atoms with Crippen molar-refractivity contribution >= 4 is 0 Å². The molecule has 0 saturated carbocycles. The SMILES string of the molecule is CCC(COC)NCCc1nncn1CC. The molecule has 92 valence electrons. The van der Waals surface area contributed by atoms with Gasteiger partial charge in [-0.1, -0.05) is 6.92 Å². The first-order valence-electron chi connectivity index (χ1n) is 5.90. The molecular formula is C11H22N4O. The molecule has 5 heteroatoms. The highest BCUT2D eigenvalue weighted by Crippen LogP contribution is 1.97. The lowest BCUT2D eigenvalue weighted by Crippen LogP contribution is -2.34. The van der Waals surface area contributed by atoms with Gasteiger partial charge in [0.1, 0.15) is 12.2 Å². The van der Waals surface area contributed by atoms with Crippen molar-refractivity contribution in [2.45, 2.75) is 39.3 Å². The van der Waals surface area contributed by atoms with Crippen molar-refractivity contribution in [2.24, 2.45) is 0 Å². The molecule has 1 heterocycles. The molecule has 1 rings (SSSR count). The van der Waals surface area contributed by atoms with Crippen molar-refractivity contribution in [3.8, 4) is 0 Å². The molecule has 1 unspecified atom stereocenters. The predicted molar refractivity (Wildman–Crippen MR) is 63.4 cm³/mol. The summed E-state index contributed by atoms with van der Waals surface area (Å²) in [4.78, 5) is 0. The zero-order chi connectivity index (χ0) is 11.8. The lowest BCUT2D eigenvalue weighted by atomic mass is 10.2. The van der Waals surface area contributed by atoms with Crippen LogP contribution in [0.15, 0.2) is 6.33 Å². The molecule has 0 saturated heterocycles. The average Bonchev–Trinajstić information content (AvgIpc) is 2.75. The van der Waals surface area contributed by atoms with E-state index in [1.807, 2.05) is 0 Å². The largest absolute Gasteiger partial charge is 0.383 e. The molecule has 1 aromatic heterocycles. The van der Waals surface area contributed by atoms with Crippen molar-refractivity contribution in [2.75, 3.05) is 20.3 Å². The lowest BCUT2D eigenvalue weighted by molar-refractivity contribution is 0.164. The highest BCUT2D eigenvalue weighted by Gasteiger charge is 2.06. The number of rotatable bonds is 8.